The molecule has 0 bridgehead atoms. The van der Waals surface area contributed by atoms with E-state index in [-0.39, 0.29) is 0 Å². The Labute approximate surface area is 303 Å². The van der Waals surface area contributed by atoms with Gasteiger partial charge in [0.15, 0.2) is 0 Å². The number of hydrogen-bond donors (Lipinski definition) is 0. The van der Waals surface area contributed by atoms with E-state index >= 15 is 0 Å². The predicted molar refractivity (Wildman–Crippen MR) is 218 cm³/mol. The Morgan fingerprint density at radius 3 is 1.33 bits per heavy atom. The zero-order valence-electron chi connectivity index (χ0n) is 30.2. The molecule has 0 unspecified atom stereocenters. The SMILES string of the molecule is C=C(C)N(c1ccc(C)cc1)c1ccc([C+](c2ccc(N(C(=C)C)c3ccc(C)cc3)cc2)c2c(-c3ccccc3)n(C)c3ccccc23)cc1. The molecular weight excluding hydrogens is 619 g/mol. The van der Waals surface area contributed by atoms with Gasteiger partial charge >= 0.3 is 0 Å². The first kappa shape index (κ1) is 33.3. The Morgan fingerprint density at radius 1 is 0.510 bits per heavy atom. The molecule has 0 saturated heterocycles. The number of nitrogens with zero attached hydrogens (tertiary/aromatic N) is 3. The van der Waals surface area contributed by atoms with Crippen LogP contribution in [0, 0.1) is 19.8 Å². The number of para-hydroxylation sites is 1. The van der Waals surface area contributed by atoms with Crippen molar-refractivity contribution in [1.82, 2.24) is 4.57 Å². The molecule has 0 fully saturated rings. The van der Waals surface area contributed by atoms with Gasteiger partial charge in [0.05, 0.1) is 44.9 Å². The van der Waals surface area contributed by atoms with Gasteiger partial charge in [0, 0.05) is 35.4 Å². The maximum Gasteiger partial charge on any atom is 0.103 e. The second-order valence-corrected chi connectivity index (χ2v) is 13.4. The van der Waals surface area contributed by atoms with Crippen molar-refractivity contribution in [2.75, 3.05) is 9.80 Å². The normalized spacial score (nSPS) is 11.0. The molecule has 0 aliphatic rings. The minimum absolute atomic E-state index is 0.961. The quantitative estimate of drug-likeness (QED) is 0.135. The summed E-state index contributed by atoms with van der Waals surface area (Å²) in [6, 6.07) is 54.6. The van der Waals surface area contributed by atoms with E-state index in [0.717, 1.165) is 45.3 Å². The monoisotopic (exact) mass is 662 g/mol. The zero-order chi connectivity index (χ0) is 35.6. The minimum atomic E-state index is 0.961. The van der Waals surface area contributed by atoms with Crippen molar-refractivity contribution in [2.45, 2.75) is 27.7 Å². The highest BCUT2D eigenvalue weighted by atomic mass is 15.1. The van der Waals surface area contributed by atoms with Gasteiger partial charge in [-0.2, -0.15) is 0 Å². The van der Waals surface area contributed by atoms with E-state index in [4.69, 9.17) is 0 Å². The first-order valence-electron chi connectivity index (χ1n) is 17.5. The van der Waals surface area contributed by atoms with Crippen LogP contribution < -0.4 is 9.80 Å². The molecule has 51 heavy (non-hydrogen) atoms. The molecule has 0 spiro atoms. The van der Waals surface area contributed by atoms with Gasteiger partial charge in [-0.05, 0) is 125 Å². The highest BCUT2D eigenvalue weighted by molar-refractivity contribution is 5.96. The van der Waals surface area contributed by atoms with Crippen molar-refractivity contribution in [3.05, 3.63) is 210 Å². The van der Waals surface area contributed by atoms with E-state index in [1.807, 2.05) is 0 Å². The summed E-state index contributed by atoms with van der Waals surface area (Å²) in [6.07, 6.45) is 0. The van der Waals surface area contributed by atoms with Crippen LogP contribution >= 0.6 is 0 Å². The van der Waals surface area contributed by atoms with Crippen LogP contribution in [-0.4, -0.2) is 4.57 Å². The molecule has 0 amide bonds. The van der Waals surface area contributed by atoms with Crippen LogP contribution in [0.2, 0.25) is 0 Å². The first-order chi connectivity index (χ1) is 24.7. The van der Waals surface area contributed by atoms with Crippen LogP contribution in [0.15, 0.2) is 176 Å². The van der Waals surface area contributed by atoms with E-state index in [9.17, 15) is 0 Å². The lowest BCUT2D eigenvalue weighted by molar-refractivity contribution is 0.971. The third-order valence-electron chi connectivity index (χ3n) is 9.58. The van der Waals surface area contributed by atoms with E-state index in [1.165, 1.54) is 44.8 Å². The molecule has 0 aliphatic heterocycles. The van der Waals surface area contributed by atoms with Crippen LogP contribution in [0.5, 0.6) is 0 Å². The maximum absolute atomic E-state index is 4.33. The summed E-state index contributed by atoms with van der Waals surface area (Å²) < 4.78 is 2.34. The minimum Gasteiger partial charge on any atom is -0.316 e. The summed E-state index contributed by atoms with van der Waals surface area (Å²) in [6.45, 7) is 17.0. The van der Waals surface area contributed by atoms with Crippen LogP contribution in [0.1, 0.15) is 41.7 Å². The molecular formula is C48H44N3+. The second kappa shape index (κ2) is 14.0. The number of hydrogen-bond acceptors (Lipinski definition) is 2. The fraction of sp³-hybridized carbons (Fsp3) is 0.104. The van der Waals surface area contributed by atoms with E-state index in [0.29, 0.717) is 0 Å². The van der Waals surface area contributed by atoms with E-state index < -0.39 is 0 Å². The van der Waals surface area contributed by atoms with Gasteiger partial charge in [-0.3, -0.25) is 0 Å². The van der Waals surface area contributed by atoms with Crippen LogP contribution in [0.3, 0.4) is 0 Å². The molecule has 0 radical (unpaired) electrons. The predicted octanol–water partition coefficient (Wildman–Crippen LogP) is 12.8. The summed E-state index contributed by atoms with van der Waals surface area (Å²) >= 11 is 0. The topological polar surface area (TPSA) is 11.4 Å². The Balaban J connectivity index is 1.40. The number of benzene rings is 6. The smallest absolute Gasteiger partial charge is 0.103 e. The summed E-state index contributed by atoms with van der Waals surface area (Å²) in [5.74, 6) is 1.18. The highest BCUT2D eigenvalue weighted by Crippen LogP contribution is 2.44. The molecule has 0 aliphatic carbocycles. The molecule has 3 heteroatoms. The molecule has 7 aromatic rings. The zero-order valence-corrected chi connectivity index (χ0v) is 30.2. The summed E-state index contributed by atoms with van der Waals surface area (Å²) in [5.41, 5.74) is 15.8. The molecule has 0 N–H and O–H groups in total. The van der Waals surface area contributed by atoms with E-state index in [1.54, 1.807) is 0 Å². The molecule has 1 aromatic heterocycles. The number of aromatic nitrogens is 1. The van der Waals surface area contributed by atoms with Crippen molar-refractivity contribution < 1.29 is 0 Å². The molecule has 0 saturated carbocycles. The Morgan fingerprint density at radius 2 is 0.902 bits per heavy atom. The molecule has 6 aromatic carbocycles. The fourth-order valence-corrected chi connectivity index (χ4v) is 7.16. The van der Waals surface area contributed by atoms with Crippen LogP contribution in [0.25, 0.3) is 22.2 Å². The Hall–Kier alpha value is -6.19. The number of allylic oxidation sites excluding steroid dienone is 2. The van der Waals surface area contributed by atoms with E-state index in [2.05, 4.69) is 214 Å². The third-order valence-corrected chi connectivity index (χ3v) is 9.58. The number of aryl methyl sites for hydroxylation is 3. The van der Waals surface area contributed by atoms with Crippen molar-refractivity contribution in [2.24, 2.45) is 7.05 Å². The number of fused-ring (bicyclic) bond motifs is 1. The van der Waals surface area contributed by atoms with Crippen molar-refractivity contribution in [1.29, 1.82) is 0 Å². The molecule has 250 valence electrons. The third kappa shape index (κ3) is 6.47. The Kier molecular flexibility index (Phi) is 9.13. The van der Waals surface area contributed by atoms with Gasteiger partial charge in [-0.1, -0.05) is 78.9 Å². The summed E-state index contributed by atoms with van der Waals surface area (Å²) in [7, 11) is 2.18. The fourth-order valence-electron chi connectivity index (χ4n) is 7.16. The average Bonchev–Trinajstić information content (AvgIpc) is 3.43. The lowest BCUT2D eigenvalue weighted by Crippen LogP contribution is -2.14. The van der Waals surface area contributed by atoms with Crippen LogP contribution in [0.4, 0.5) is 22.7 Å². The largest absolute Gasteiger partial charge is 0.316 e. The van der Waals surface area contributed by atoms with Gasteiger partial charge in [0.25, 0.3) is 0 Å². The molecule has 1 heterocycles. The van der Waals surface area contributed by atoms with Gasteiger partial charge in [0.2, 0.25) is 0 Å². The summed E-state index contributed by atoms with van der Waals surface area (Å²) in [5, 5.41) is 1.22. The number of anilines is 4. The first-order valence-corrected chi connectivity index (χ1v) is 17.5. The molecule has 0 atom stereocenters. The van der Waals surface area contributed by atoms with Crippen LogP contribution in [-0.2, 0) is 7.05 Å². The van der Waals surface area contributed by atoms with Gasteiger partial charge < -0.3 is 14.4 Å². The lowest BCUT2D eigenvalue weighted by Gasteiger charge is -2.26. The average molecular weight is 663 g/mol. The lowest BCUT2D eigenvalue weighted by atomic mass is 9.82. The van der Waals surface area contributed by atoms with Gasteiger partial charge in [0.1, 0.15) is 5.69 Å². The highest BCUT2D eigenvalue weighted by Gasteiger charge is 2.32. The molecule has 3 nitrogen and oxygen atoms in total. The summed E-state index contributed by atoms with van der Waals surface area (Å²) in [4.78, 5) is 4.42. The van der Waals surface area contributed by atoms with Crippen molar-refractivity contribution in [3.63, 3.8) is 0 Å². The number of rotatable bonds is 10. The van der Waals surface area contributed by atoms with Gasteiger partial charge in [-0.25, -0.2) is 0 Å². The van der Waals surface area contributed by atoms with Gasteiger partial charge in [-0.15, -0.1) is 0 Å². The standard InChI is InChI=1S/C48H44N3/c1-33(2)50(40-25-17-35(5)18-26-40)42-29-21-37(22-30-42)46(38-23-31-43(32-24-38)51(34(3)4)41-27-19-36(6)20-28-41)47-44-15-11-12-16-45(44)49(7)48(47)39-13-9-8-10-14-39/h8-32H,1,3H2,2,4-7H3/q+1. The second-order valence-electron chi connectivity index (χ2n) is 13.4. The Bertz CT molecular complexity index is 2200. The molecule has 7 rings (SSSR count). The maximum atomic E-state index is 4.33. The van der Waals surface area contributed by atoms with Crippen molar-refractivity contribution in [3.8, 4) is 11.3 Å². The van der Waals surface area contributed by atoms with Crippen molar-refractivity contribution >= 4 is 33.7 Å².